The van der Waals surface area contributed by atoms with Gasteiger partial charge in [-0.05, 0) is 42.9 Å². The average Bonchev–Trinajstić information content (AvgIpc) is 3.05. The number of rotatable bonds is 5. The van der Waals surface area contributed by atoms with Crippen LogP contribution in [0.15, 0.2) is 12.1 Å². The topological polar surface area (TPSA) is 75.6 Å². The molecule has 0 spiro atoms. The summed E-state index contributed by atoms with van der Waals surface area (Å²) < 4.78 is 5.71. The van der Waals surface area contributed by atoms with Crippen LogP contribution in [0.2, 0.25) is 5.02 Å². The molecule has 0 aliphatic heterocycles. The van der Waals surface area contributed by atoms with Crippen LogP contribution in [0.3, 0.4) is 0 Å². The number of ether oxygens (including phenoxy) is 1. The van der Waals surface area contributed by atoms with E-state index in [9.17, 15) is 9.59 Å². The minimum atomic E-state index is -1.04. The van der Waals surface area contributed by atoms with Crippen LogP contribution in [0.1, 0.15) is 24.0 Å². The first-order chi connectivity index (χ1) is 10.0. The third-order valence-electron chi connectivity index (χ3n) is 4.18. The van der Waals surface area contributed by atoms with Crippen molar-refractivity contribution in [2.24, 2.45) is 5.92 Å². The molecule has 1 saturated carbocycles. The second kappa shape index (κ2) is 5.22. The summed E-state index contributed by atoms with van der Waals surface area (Å²) in [5.74, 6) is 0.552. The molecular weight excluding hydrogens is 294 g/mol. The third kappa shape index (κ3) is 2.83. The molecule has 0 bridgehead atoms. The average molecular weight is 310 g/mol. The van der Waals surface area contributed by atoms with Gasteiger partial charge in [0, 0.05) is 5.92 Å². The van der Waals surface area contributed by atoms with E-state index in [1.807, 2.05) is 6.07 Å². The number of carbonyl (C=O) groups is 2. The summed E-state index contributed by atoms with van der Waals surface area (Å²) in [6.07, 6.45) is 2.85. The Morgan fingerprint density at radius 3 is 2.86 bits per heavy atom. The SMILES string of the molecule is O=CC1Cc2ccc(OCC3(NC(=O)O)CC3)c(Cl)c2C1. The number of hydrogen-bond donors (Lipinski definition) is 2. The van der Waals surface area contributed by atoms with Gasteiger partial charge in [0.15, 0.2) is 0 Å². The maximum atomic E-state index is 10.9. The van der Waals surface area contributed by atoms with Crippen molar-refractivity contribution in [1.29, 1.82) is 0 Å². The van der Waals surface area contributed by atoms with E-state index in [-0.39, 0.29) is 12.5 Å². The van der Waals surface area contributed by atoms with E-state index in [0.29, 0.717) is 17.2 Å². The van der Waals surface area contributed by atoms with Crippen LogP contribution in [-0.2, 0) is 17.6 Å². The summed E-state index contributed by atoms with van der Waals surface area (Å²) in [7, 11) is 0. The van der Waals surface area contributed by atoms with E-state index in [1.54, 1.807) is 6.07 Å². The first-order valence-corrected chi connectivity index (χ1v) is 7.30. The fourth-order valence-corrected chi connectivity index (χ4v) is 3.09. The van der Waals surface area contributed by atoms with Gasteiger partial charge in [-0.15, -0.1) is 0 Å². The van der Waals surface area contributed by atoms with Gasteiger partial charge in [0.05, 0.1) is 10.6 Å². The molecule has 1 aromatic carbocycles. The Balaban J connectivity index is 1.70. The van der Waals surface area contributed by atoms with Gasteiger partial charge in [-0.2, -0.15) is 0 Å². The summed E-state index contributed by atoms with van der Waals surface area (Å²) >= 11 is 6.35. The van der Waals surface area contributed by atoms with Crippen LogP contribution in [0, 0.1) is 5.92 Å². The van der Waals surface area contributed by atoms with Gasteiger partial charge in [0.25, 0.3) is 0 Å². The lowest BCUT2D eigenvalue weighted by molar-refractivity contribution is -0.110. The summed E-state index contributed by atoms with van der Waals surface area (Å²) in [6.45, 7) is 0.273. The van der Waals surface area contributed by atoms with E-state index in [1.165, 1.54) is 0 Å². The number of halogens is 1. The molecule has 1 atom stereocenters. The van der Waals surface area contributed by atoms with E-state index in [0.717, 1.165) is 36.7 Å². The van der Waals surface area contributed by atoms with Crippen molar-refractivity contribution >= 4 is 24.0 Å². The summed E-state index contributed by atoms with van der Waals surface area (Å²) in [5, 5.41) is 11.8. The number of fused-ring (bicyclic) bond motifs is 1. The highest BCUT2D eigenvalue weighted by Gasteiger charge is 2.45. The van der Waals surface area contributed by atoms with Crippen molar-refractivity contribution in [3.8, 4) is 5.75 Å². The largest absolute Gasteiger partial charge is 0.490 e. The standard InChI is InChI=1S/C15H16ClNO4/c16-13-11-6-9(7-18)5-10(11)1-2-12(13)21-8-15(3-4-15)17-14(19)20/h1-2,7,9,17H,3-6,8H2,(H,19,20). The monoisotopic (exact) mass is 309 g/mol. The molecule has 2 N–H and O–H groups in total. The highest BCUT2D eigenvalue weighted by molar-refractivity contribution is 6.33. The van der Waals surface area contributed by atoms with Crippen molar-refractivity contribution in [2.75, 3.05) is 6.61 Å². The van der Waals surface area contributed by atoms with Gasteiger partial charge < -0.3 is 20.0 Å². The van der Waals surface area contributed by atoms with Crippen LogP contribution in [0.5, 0.6) is 5.75 Å². The molecule has 0 saturated heterocycles. The molecule has 112 valence electrons. The first-order valence-electron chi connectivity index (χ1n) is 6.92. The maximum absolute atomic E-state index is 10.9. The predicted molar refractivity (Wildman–Crippen MR) is 77.0 cm³/mol. The summed E-state index contributed by atoms with van der Waals surface area (Å²) in [6, 6.07) is 3.73. The zero-order valence-corrected chi connectivity index (χ0v) is 12.2. The minimum Gasteiger partial charge on any atom is -0.490 e. The van der Waals surface area contributed by atoms with Crippen LogP contribution < -0.4 is 10.1 Å². The minimum absolute atomic E-state index is 0.00352. The van der Waals surface area contributed by atoms with Gasteiger partial charge in [-0.3, -0.25) is 0 Å². The first kappa shape index (κ1) is 14.2. The zero-order chi connectivity index (χ0) is 15.0. The maximum Gasteiger partial charge on any atom is 0.405 e. The van der Waals surface area contributed by atoms with Crippen molar-refractivity contribution in [3.05, 3.63) is 28.3 Å². The Labute approximate surface area is 127 Å². The summed E-state index contributed by atoms with van der Waals surface area (Å²) in [4.78, 5) is 21.6. The van der Waals surface area contributed by atoms with Gasteiger partial charge >= 0.3 is 6.09 Å². The van der Waals surface area contributed by atoms with Crippen LogP contribution in [0.4, 0.5) is 4.79 Å². The second-order valence-corrected chi connectivity index (χ2v) is 6.20. The highest BCUT2D eigenvalue weighted by Crippen LogP contribution is 2.40. The number of hydrogen-bond acceptors (Lipinski definition) is 3. The fourth-order valence-electron chi connectivity index (χ4n) is 2.78. The molecule has 0 radical (unpaired) electrons. The van der Waals surface area contributed by atoms with E-state index < -0.39 is 11.6 Å². The Morgan fingerprint density at radius 2 is 2.24 bits per heavy atom. The molecule has 1 aromatic rings. The van der Waals surface area contributed by atoms with Crippen LogP contribution >= 0.6 is 11.6 Å². The number of amides is 1. The van der Waals surface area contributed by atoms with Gasteiger partial charge in [0.2, 0.25) is 0 Å². The van der Waals surface area contributed by atoms with Gasteiger partial charge in [-0.1, -0.05) is 17.7 Å². The lowest BCUT2D eigenvalue weighted by Crippen LogP contribution is -2.40. The van der Waals surface area contributed by atoms with E-state index in [4.69, 9.17) is 21.4 Å². The van der Waals surface area contributed by atoms with Crippen molar-refractivity contribution in [1.82, 2.24) is 5.32 Å². The van der Waals surface area contributed by atoms with Crippen molar-refractivity contribution < 1.29 is 19.4 Å². The lowest BCUT2D eigenvalue weighted by Gasteiger charge is -2.17. The third-order valence-corrected chi connectivity index (χ3v) is 4.59. The molecule has 2 aliphatic carbocycles. The smallest absolute Gasteiger partial charge is 0.405 e. The molecule has 6 heteroatoms. The molecule has 0 heterocycles. The molecule has 5 nitrogen and oxygen atoms in total. The Morgan fingerprint density at radius 1 is 1.48 bits per heavy atom. The molecule has 1 fully saturated rings. The Kier molecular flexibility index (Phi) is 3.53. The van der Waals surface area contributed by atoms with E-state index in [2.05, 4.69) is 5.32 Å². The molecule has 1 unspecified atom stereocenters. The lowest BCUT2D eigenvalue weighted by atomic mass is 10.1. The zero-order valence-electron chi connectivity index (χ0n) is 11.4. The van der Waals surface area contributed by atoms with E-state index >= 15 is 0 Å². The number of aldehydes is 1. The normalized spacial score (nSPS) is 21.5. The highest BCUT2D eigenvalue weighted by atomic mass is 35.5. The van der Waals surface area contributed by atoms with Crippen LogP contribution in [0.25, 0.3) is 0 Å². The Bertz CT molecular complexity index is 598. The number of carboxylic acid groups (broad SMARTS) is 1. The van der Waals surface area contributed by atoms with Gasteiger partial charge in [0.1, 0.15) is 18.6 Å². The molecule has 21 heavy (non-hydrogen) atoms. The number of benzene rings is 1. The second-order valence-electron chi connectivity index (χ2n) is 5.82. The molecule has 2 aliphatic rings. The summed E-state index contributed by atoms with van der Waals surface area (Å²) in [5.41, 5.74) is 1.59. The fraction of sp³-hybridized carbons (Fsp3) is 0.467. The molecular formula is C15H16ClNO4. The molecule has 0 aromatic heterocycles. The van der Waals surface area contributed by atoms with Gasteiger partial charge in [-0.25, -0.2) is 4.79 Å². The quantitative estimate of drug-likeness (QED) is 0.819. The van der Waals surface area contributed by atoms with Crippen molar-refractivity contribution in [2.45, 2.75) is 31.2 Å². The molecule has 1 amide bonds. The number of carbonyl (C=O) groups excluding carboxylic acids is 1. The molecule has 3 rings (SSSR count). The predicted octanol–water partition coefficient (Wildman–Crippen LogP) is 2.43. The number of nitrogens with one attached hydrogen (secondary N) is 1. The van der Waals surface area contributed by atoms with Crippen LogP contribution in [-0.4, -0.2) is 29.6 Å². The Hall–Kier alpha value is -1.75. The van der Waals surface area contributed by atoms with Crippen molar-refractivity contribution in [3.63, 3.8) is 0 Å².